The predicted molar refractivity (Wildman–Crippen MR) is 218 cm³/mol. The Hall–Kier alpha value is -5.21. The van der Waals surface area contributed by atoms with Crippen molar-refractivity contribution < 1.29 is 13.3 Å². The third kappa shape index (κ3) is 8.77. The van der Waals surface area contributed by atoms with Crippen molar-refractivity contribution in [2.24, 2.45) is 0 Å². The lowest BCUT2D eigenvalue weighted by atomic mass is 9.99. The molecule has 1 aliphatic heterocycles. The van der Waals surface area contributed by atoms with Crippen LogP contribution in [-0.4, -0.2) is 66.2 Å². The highest BCUT2D eigenvalue weighted by Crippen LogP contribution is 2.32. The zero-order chi connectivity index (χ0) is 37.7. The van der Waals surface area contributed by atoms with E-state index in [2.05, 4.69) is 66.2 Å². The van der Waals surface area contributed by atoms with Gasteiger partial charge in [0.25, 0.3) is 15.7 Å². The second-order valence-corrected chi connectivity index (χ2v) is 16.3. The first-order valence-electron chi connectivity index (χ1n) is 17.4. The van der Waals surface area contributed by atoms with Crippen LogP contribution in [0.25, 0.3) is 22.0 Å². The first kappa shape index (κ1) is 37.1. The topological polar surface area (TPSA) is 134 Å². The van der Waals surface area contributed by atoms with Crippen molar-refractivity contribution in [3.05, 3.63) is 142 Å². The molecule has 6 aromatic rings. The molecular formula is C40H38ClN7O4S2. The van der Waals surface area contributed by atoms with E-state index in [1.54, 1.807) is 11.8 Å². The van der Waals surface area contributed by atoms with Crippen molar-refractivity contribution in [3.8, 4) is 11.1 Å². The molecule has 11 nitrogen and oxygen atoms in total. The molecule has 0 amide bonds. The molecule has 2 heterocycles. The van der Waals surface area contributed by atoms with E-state index in [1.807, 2.05) is 67.6 Å². The van der Waals surface area contributed by atoms with Gasteiger partial charge in [0, 0.05) is 71.6 Å². The largest absolute Gasteiger partial charge is 0.376 e. The van der Waals surface area contributed by atoms with Gasteiger partial charge in [-0.05, 0) is 78.2 Å². The molecule has 1 aliphatic rings. The number of nitrogens with one attached hydrogen (secondary N) is 2. The predicted octanol–water partition coefficient (Wildman–Crippen LogP) is 8.57. The molecular weight excluding hydrogens is 742 g/mol. The maximum absolute atomic E-state index is 13.6. The quantitative estimate of drug-likeness (QED) is 0.0667. The van der Waals surface area contributed by atoms with Crippen LogP contribution in [0, 0.1) is 10.1 Å². The summed E-state index contributed by atoms with van der Waals surface area (Å²) in [5.74, 6) is 0.745. The molecule has 0 radical (unpaired) electrons. The van der Waals surface area contributed by atoms with Crippen LogP contribution in [0.1, 0.15) is 12.5 Å². The Morgan fingerprint density at radius 3 is 2.39 bits per heavy atom. The summed E-state index contributed by atoms with van der Waals surface area (Å²) >= 11 is 7.75. The summed E-state index contributed by atoms with van der Waals surface area (Å²) in [6, 6.07) is 35.6. The number of anilines is 3. The van der Waals surface area contributed by atoms with Crippen molar-refractivity contribution in [1.82, 2.24) is 14.9 Å². The Morgan fingerprint density at radius 1 is 0.889 bits per heavy atom. The van der Waals surface area contributed by atoms with Gasteiger partial charge in [-0.1, -0.05) is 66.2 Å². The van der Waals surface area contributed by atoms with Crippen LogP contribution in [-0.2, 0) is 16.6 Å². The minimum absolute atomic E-state index is 0.0899. The van der Waals surface area contributed by atoms with Crippen LogP contribution in [0.2, 0.25) is 5.02 Å². The van der Waals surface area contributed by atoms with Crippen molar-refractivity contribution in [2.75, 3.05) is 46.9 Å². The number of piperazine rings is 1. The summed E-state index contributed by atoms with van der Waals surface area (Å²) in [6.07, 6.45) is 1.31. The maximum Gasteiger partial charge on any atom is 0.293 e. The Morgan fingerprint density at radius 2 is 1.63 bits per heavy atom. The number of fused-ring (bicyclic) bond motifs is 1. The lowest BCUT2D eigenvalue weighted by Gasteiger charge is -2.36. The van der Waals surface area contributed by atoms with E-state index < -0.39 is 14.9 Å². The molecule has 1 atom stereocenters. The number of hydrogen-bond donors (Lipinski definition) is 2. The fourth-order valence-electron chi connectivity index (χ4n) is 6.48. The Labute approximate surface area is 323 Å². The minimum atomic E-state index is -4.24. The summed E-state index contributed by atoms with van der Waals surface area (Å²) in [5.41, 5.74) is 5.05. The first-order valence-corrected chi connectivity index (χ1v) is 20.3. The number of halogens is 1. The molecule has 5 aromatic carbocycles. The number of thioether (sulfide) groups is 1. The Kier molecular flexibility index (Phi) is 11.3. The van der Waals surface area contributed by atoms with Gasteiger partial charge < -0.3 is 10.2 Å². The van der Waals surface area contributed by atoms with E-state index in [4.69, 9.17) is 11.6 Å². The van der Waals surface area contributed by atoms with E-state index >= 15 is 0 Å². The number of nitro benzene ring substituents is 1. The lowest BCUT2D eigenvalue weighted by molar-refractivity contribution is -0.384. The Balaban J connectivity index is 1.01. The number of nitrogens with zero attached hydrogens (tertiary/aromatic N) is 5. The molecule has 14 heteroatoms. The molecule has 2 N–H and O–H groups in total. The van der Waals surface area contributed by atoms with Crippen LogP contribution in [0.5, 0.6) is 0 Å². The van der Waals surface area contributed by atoms with Crippen molar-refractivity contribution in [2.45, 2.75) is 29.3 Å². The van der Waals surface area contributed by atoms with Crippen molar-refractivity contribution >= 4 is 67.2 Å². The number of aromatic nitrogens is 2. The van der Waals surface area contributed by atoms with Crippen LogP contribution in [0.3, 0.4) is 0 Å². The second kappa shape index (κ2) is 16.4. The van der Waals surface area contributed by atoms with E-state index in [0.717, 1.165) is 54.9 Å². The fraction of sp³-hybridized carbons (Fsp3) is 0.200. The number of hydrogen-bond acceptors (Lipinski definition) is 10. The highest BCUT2D eigenvalue weighted by atomic mass is 35.5. The summed E-state index contributed by atoms with van der Waals surface area (Å²) < 4.78 is 29.7. The summed E-state index contributed by atoms with van der Waals surface area (Å²) in [7, 11) is -4.24. The normalized spacial score (nSPS) is 14.1. The zero-order valence-electron chi connectivity index (χ0n) is 29.4. The van der Waals surface area contributed by atoms with E-state index in [1.165, 1.54) is 29.6 Å². The molecule has 1 aromatic heterocycles. The first-order chi connectivity index (χ1) is 26.1. The summed E-state index contributed by atoms with van der Waals surface area (Å²) in [5, 5.41) is 16.4. The van der Waals surface area contributed by atoms with Gasteiger partial charge in [-0.15, -0.1) is 11.8 Å². The third-order valence-electron chi connectivity index (χ3n) is 9.28. The van der Waals surface area contributed by atoms with Crippen LogP contribution >= 0.6 is 23.4 Å². The van der Waals surface area contributed by atoms with E-state index in [0.29, 0.717) is 21.7 Å². The lowest BCUT2D eigenvalue weighted by Crippen LogP contribution is -2.46. The van der Waals surface area contributed by atoms with Gasteiger partial charge in [0.2, 0.25) is 0 Å². The fourth-order valence-corrected chi connectivity index (χ4v) is 8.53. The standard InChI is InChI=1S/C40H38ClN7O4S2/c1-28(26-53-33-8-3-2-4-9-33)44-37-18-16-34(24-39(37)48(49)50)54(51,52)45-40-36-17-15-32(23-38(36)42-27-43-40)47-21-19-46(20-22-47)25-30-7-5-6-10-35(30)29-11-13-31(41)14-12-29/h2-18,23-24,27-28,44H,19-22,25-26H2,1H3,(H,42,43,45). The van der Waals surface area contributed by atoms with Gasteiger partial charge in [0.05, 0.1) is 15.3 Å². The number of benzene rings is 5. The highest BCUT2D eigenvalue weighted by Gasteiger charge is 2.24. The molecule has 0 bridgehead atoms. The van der Waals surface area contributed by atoms with E-state index in [9.17, 15) is 18.5 Å². The minimum Gasteiger partial charge on any atom is -0.376 e. The molecule has 1 fully saturated rings. The van der Waals surface area contributed by atoms with Crippen LogP contribution in [0.15, 0.2) is 131 Å². The van der Waals surface area contributed by atoms with E-state index in [-0.39, 0.29) is 28.1 Å². The number of rotatable bonds is 13. The Bertz CT molecular complexity index is 2380. The van der Waals surface area contributed by atoms with Crippen LogP contribution < -0.4 is 14.9 Å². The molecule has 276 valence electrons. The van der Waals surface area contributed by atoms with Gasteiger partial charge in [0.1, 0.15) is 12.0 Å². The van der Waals surface area contributed by atoms with Gasteiger partial charge >= 0.3 is 0 Å². The molecule has 0 spiro atoms. The molecule has 0 aliphatic carbocycles. The molecule has 7 rings (SSSR count). The second-order valence-electron chi connectivity index (χ2n) is 13.1. The SMILES string of the molecule is CC(CSc1ccccc1)Nc1ccc(S(=O)(=O)Nc2ncnc3cc(N4CCN(Cc5ccccc5-c5ccc(Cl)cc5)CC4)ccc23)cc1[N+](=O)[O-]. The highest BCUT2D eigenvalue weighted by molar-refractivity contribution is 7.99. The molecule has 1 unspecified atom stereocenters. The smallest absolute Gasteiger partial charge is 0.293 e. The van der Waals surface area contributed by atoms with Crippen molar-refractivity contribution in [1.29, 1.82) is 0 Å². The third-order valence-corrected chi connectivity index (χ3v) is 12.1. The molecule has 54 heavy (non-hydrogen) atoms. The zero-order valence-corrected chi connectivity index (χ0v) is 31.8. The van der Waals surface area contributed by atoms with Gasteiger partial charge in [-0.25, -0.2) is 18.4 Å². The monoisotopic (exact) mass is 779 g/mol. The van der Waals surface area contributed by atoms with Gasteiger partial charge in [-0.3, -0.25) is 19.7 Å². The summed E-state index contributed by atoms with van der Waals surface area (Å²) in [6.45, 7) is 6.11. The number of nitro groups is 1. The average Bonchev–Trinajstić information content (AvgIpc) is 3.18. The average molecular weight is 780 g/mol. The maximum atomic E-state index is 13.6. The van der Waals surface area contributed by atoms with Crippen LogP contribution in [0.4, 0.5) is 22.9 Å². The van der Waals surface area contributed by atoms with Gasteiger partial charge in [-0.2, -0.15) is 0 Å². The number of sulfonamides is 1. The molecule has 0 saturated carbocycles. The van der Waals surface area contributed by atoms with Crippen molar-refractivity contribution in [3.63, 3.8) is 0 Å². The van der Waals surface area contributed by atoms with Gasteiger partial charge in [0.15, 0.2) is 5.82 Å². The summed E-state index contributed by atoms with van der Waals surface area (Å²) in [4.78, 5) is 25.7. The molecule has 1 saturated heterocycles.